The standard InChI is InChI=1S/C30H50O3/c1-25(2)21-12-17-29(7)22(27(21,5)15-13-23(25)31)10-9-19-20(11-16-28(19,29)6)30(8)18-14-24(33-30)26(3,4)32/h13,15,19-24,31-32H,9-12,14,16-18H2,1-8H3/t19-,20-,21-,22-,23+,24-,27-,28+,29+,30-/m0/s1. The van der Waals surface area contributed by atoms with E-state index in [0.29, 0.717) is 34.5 Å². The fraction of sp³-hybridized carbons (Fsp3) is 0.933. The fourth-order valence-corrected chi connectivity index (χ4v) is 10.6. The van der Waals surface area contributed by atoms with Gasteiger partial charge in [0, 0.05) is 0 Å². The van der Waals surface area contributed by atoms with E-state index in [1.165, 1.54) is 38.5 Å². The minimum atomic E-state index is -0.763. The van der Waals surface area contributed by atoms with Gasteiger partial charge in [0.1, 0.15) is 0 Å². The maximum Gasteiger partial charge on any atom is 0.0865 e. The average Bonchev–Trinajstić information content (AvgIpc) is 3.27. The minimum absolute atomic E-state index is 0.0448. The smallest absolute Gasteiger partial charge is 0.0865 e. The van der Waals surface area contributed by atoms with Gasteiger partial charge in [-0.25, -0.2) is 0 Å². The van der Waals surface area contributed by atoms with Gasteiger partial charge in [-0.2, -0.15) is 0 Å². The molecule has 1 heterocycles. The Bertz CT molecular complexity index is 825. The molecule has 188 valence electrons. The first-order chi connectivity index (χ1) is 15.1. The predicted octanol–water partition coefficient (Wildman–Crippen LogP) is 6.52. The third-order valence-corrected chi connectivity index (χ3v) is 12.8. The number of hydrogen-bond acceptors (Lipinski definition) is 3. The molecule has 2 N–H and O–H groups in total. The van der Waals surface area contributed by atoms with Crippen molar-refractivity contribution < 1.29 is 14.9 Å². The summed E-state index contributed by atoms with van der Waals surface area (Å²) in [6, 6.07) is 0. The van der Waals surface area contributed by atoms with Gasteiger partial charge in [0.15, 0.2) is 0 Å². The van der Waals surface area contributed by atoms with Gasteiger partial charge in [0.05, 0.1) is 23.4 Å². The highest BCUT2D eigenvalue weighted by atomic mass is 16.5. The molecule has 0 amide bonds. The highest BCUT2D eigenvalue weighted by molar-refractivity contribution is 5.24. The maximum absolute atomic E-state index is 10.8. The second-order valence-corrected chi connectivity index (χ2v) is 14.9. The van der Waals surface area contributed by atoms with Crippen molar-refractivity contribution in [3.8, 4) is 0 Å². The topological polar surface area (TPSA) is 49.7 Å². The number of allylic oxidation sites excluding steroid dienone is 1. The molecular weight excluding hydrogens is 408 g/mol. The lowest BCUT2D eigenvalue weighted by Gasteiger charge is -2.68. The molecule has 0 unspecified atom stereocenters. The fourth-order valence-electron chi connectivity index (χ4n) is 10.6. The molecule has 0 aromatic rings. The Labute approximate surface area is 202 Å². The first kappa shape index (κ1) is 24.3. The first-order valence-electron chi connectivity index (χ1n) is 13.9. The van der Waals surface area contributed by atoms with Crippen LogP contribution in [0.2, 0.25) is 0 Å². The van der Waals surface area contributed by atoms with Crippen molar-refractivity contribution in [3.05, 3.63) is 12.2 Å². The van der Waals surface area contributed by atoms with Crippen molar-refractivity contribution in [2.75, 3.05) is 0 Å². The molecule has 4 aliphatic carbocycles. The van der Waals surface area contributed by atoms with Crippen molar-refractivity contribution in [1.82, 2.24) is 0 Å². The lowest BCUT2D eigenvalue weighted by atomic mass is 9.36. The Morgan fingerprint density at radius 3 is 2.09 bits per heavy atom. The summed E-state index contributed by atoms with van der Waals surface area (Å²) >= 11 is 0. The molecule has 3 saturated carbocycles. The minimum Gasteiger partial charge on any atom is -0.388 e. The summed E-state index contributed by atoms with van der Waals surface area (Å²) in [6.07, 6.45) is 13.9. The lowest BCUT2D eigenvalue weighted by Crippen LogP contribution is -2.63. The van der Waals surface area contributed by atoms with E-state index in [1.807, 2.05) is 13.8 Å². The van der Waals surface area contributed by atoms with Gasteiger partial charge in [0.25, 0.3) is 0 Å². The lowest BCUT2D eigenvalue weighted by molar-refractivity contribution is -0.198. The zero-order valence-electron chi connectivity index (χ0n) is 22.6. The summed E-state index contributed by atoms with van der Waals surface area (Å²) in [5.74, 6) is 2.52. The number of aliphatic hydroxyl groups is 2. The van der Waals surface area contributed by atoms with Crippen molar-refractivity contribution in [1.29, 1.82) is 0 Å². The van der Waals surface area contributed by atoms with Crippen LogP contribution >= 0.6 is 0 Å². The van der Waals surface area contributed by atoms with Crippen LogP contribution < -0.4 is 0 Å². The van der Waals surface area contributed by atoms with Crippen LogP contribution in [0.3, 0.4) is 0 Å². The average molecular weight is 459 g/mol. The van der Waals surface area contributed by atoms with Crippen LogP contribution in [-0.2, 0) is 4.74 Å². The summed E-state index contributed by atoms with van der Waals surface area (Å²) in [5, 5.41) is 21.4. The van der Waals surface area contributed by atoms with Gasteiger partial charge in [-0.1, -0.05) is 46.8 Å². The number of fused-ring (bicyclic) bond motifs is 5. The van der Waals surface area contributed by atoms with Crippen LogP contribution in [-0.4, -0.2) is 33.6 Å². The molecule has 1 aliphatic heterocycles. The Morgan fingerprint density at radius 2 is 1.45 bits per heavy atom. The van der Waals surface area contributed by atoms with Crippen molar-refractivity contribution in [2.45, 2.75) is 130 Å². The number of rotatable bonds is 2. The van der Waals surface area contributed by atoms with Crippen LogP contribution in [0.4, 0.5) is 0 Å². The monoisotopic (exact) mass is 458 g/mol. The Kier molecular flexibility index (Phi) is 5.23. The van der Waals surface area contributed by atoms with E-state index < -0.39 is 5.60 Å². The van der Waals surface area contributed by atoms with Gasteiger partial charge in [0.2, 0.25) is 0 Å². The van der Waals surface area contributed by atoms with Crippen LogP contribution in [0, 0.1) is 45.3 Å². The molecule has 5 rings (SSSR count). The molecule has 0 bridgehead atoms. The SMILES string of the molecule is CC(C)(O)[C@@H]1CC[C@@](C)([C@H]2CC[C@]3(C)[C@H]2CC[C@H]2[C@@]4(C)C=C[C@@H](O)C(C)(C)[C@@H]4CC[C@]23C)O1. The van der Waals surface area contributed by atoms with E-state index >= 15 is 0 Å². The summed E-state index contributed by atoms with van der Waals surface area (Å²) in [7, 11) is 0. The van der Waals surface area contributed by atoms with E-state index in [2.05, 4.69) is 53.7 Å². The van der Waals surface area contributed by atoms with Gasteiger partial charge >= 0.3 is 0 Å². The van der Waals surface area contributed by atoms with Crippen LogP contribution in [0.1, 0.15) is 107 Å². The number of hydrogen-bond donors (Lipinski definition) is 2. The van der Waals surface area contributed by atoms with Gasteiger partial charge in [-0.15, -0.1) is 0 Å². The van der Waals surface area contributed by atoms with E-state index in [0.717, 1.165) is 12.8 Å². The van der Waals surface area contributed by atoms with E-state index in [4.69, 9.17) is 4.74 Å². The molecule has 1 saturated heterocycles. The number of ether oxygens (including phenoxy) is 1. The third kappa shape index (κ3) is 3.10. The van der Waals surface area contributed by atoms with Crippen molar-refractivity contribution >= 4 is 0 Å². The zero-order valence-corrected chi connectivity index (χ0v) is 22.6. The third-order valence-electron chi connectivity index (χ3n) is 12.8. The Morgan fingerprint density at radius 1 is 0.788 bits per heavy atom. The van der Waals surface area contributed by atoms with Gasteiger partial charge in [-0.05, 0) is 117 Å². The summed E-state index contributed by atoms with van der Waals surface area (Å²) in [5.41, 5.74) is -0.0973. The van der Waals surface area contributed by atoms with E-state index in [-0.39, 0.29) is 28.6 Å². The molecule has 10 atom stereocenters. The van der Waals surface area contributed by atoms with E-state index in [9.17, 15) is 10.2 Å². The summed E-state index contributed by atoms with van der Waals surface area (Å²) < 4.78 is 6.72. The molecule has 0 aromatic carbocycles. The normalized spacial score (nSPS) is 55.7. The summed E-state index contributed by atoms with van der Waals surface area (Å²) in [4.78, 5) is 0. The van der Waals surface area contributed by atoms with E-state index in [1.54, 1.807) is 0 Å². The van der Waals surface area contributed by atoms with Crippen LogP contribution in [0.5, 0.6) is 0 Å². The summed E-state index contributed by atoms with van der Waals surface area (Å²) in [6.45, 7) is 18.5. The largest absolute Gasteiger partial charge is 0.388 e. The molecule has 4 fully saturated rings. The number of aliphatic hydroxyl groups excluding tert-OH is 1. The highest BCUT2D eigenvalue weighted by Gasteiger charge is 2.69. The van der Waals surface area contributed by atoms with Gasteiger partial charge in [-0.3, -0.25) is 0 Å². The zero-order chi connectivity index (χ0) is 24.2. The molecule has 3 heteroatoms. The van der Waals surface area contributed by atoms with Crippen molar-refractivity contribution in [3.63, 3.8) is 0 Å². The predicted molar refractivity (Wildman–Crippen MR) is 134 cm³/mol. The van der Waals surface area contributed by atoms with Crippen LogP contribution in [0.15, 0.2) is 12.2 Å². The molecule has 3 nitrogen and oxygen atoms in total. The molecule has 33 heavy (non-hydrogen) atoms. The maximum atomic E-state index is 10.8. The first-order valence-corrected chi connectivity index (χ1v) is 13.9. The quantitative estimate of drug-likeness (QED) is 0.463. The Hall–Kier alpha value is -0.380. The molecule has 0 radical (unpaired) electrons. The second-order valence-electron chi connectivity index (χ2n) is 14.9. The second kappa shape index (κ2) is 7.10. The molecule has 0 aromatic heterocycles. The highest BCUT2D eigenvalue weighted by Crippen LogP contribution is 2.75. The molecule has 5 aliphatic rings. The van der Waals surface area contributed by atoms with Gasteiger partial charge < -0.3 is 14.9 Å². The molecule has 0 spiro atoms. The van der Waals surface area contributed by atoms with Crippen molar-refractivity contribution in [2.24, 2.45) is 45.3 Å². The van der Waals surface area contributed by atoms with Crippen LogP contribution in [0.25, 0.3) is 0 Å². The Balaban J connectivity index is 1.46. The molecular formula is C30H50O3.